The molecule has 3 N–H and O–H groups in total. The molecule has 0 aromatic carbocycles. The van der Waals surface area contributed by atoms with Gasteiger partial charge >= 0.3 is 5.97 Å². The van der Waals surface area contributed by atoms with Crippen LogP contribution < -0.4 is 5.32 Å². The minimum Gasteiger partial charge on any atom is -0.477 e. The standard InChI is InChI=1S/C13H20N4O3/c18-12(10-11(13(19)20)16-9-15-10)14-5-4-8-17-6-2-1-3-7-17/h9H,1-8H2,(H,14,18)(H,15,16)(H,19,20). The molecule has 0 bridgehead atoms. The number of nitrogens with one attached hydrogen (secondary N) is 2. The van der Waals surface area contributed by atoms with E-state index in [1.165, 1.54) is 25.6 Å². The summed E-state index contributed by atoms with van der Waals surface area (Å²) in [5.74, 6) is -1.62. The lowest BCUT2D eigenvalue weighted by Crippen LogP contribution is -2.33. The molecule has 1 aromatic heterocycles. The predicted molar refractivity (Wildman–Crippen MR) is 72.8 cm³/mol. The lowest BCUT2D eigenvalue weighted by molar-refractivity contribution is 0.0685. The van der Waals surface area contributed by atoms with Crippen molar-refractivity contribution in [2.45, 2.75) is 25.7 Å². The lowest BCUT2D eigenvalue weighted by atomic mass is 10.1. The number of H-pyrrole nitrogens is 1. The molecule has 2 rings (SSSR count). The third-order valence-electron chi connectivity index (χ3n) is 3.45. The highest BCUT2D eigenvalue weighted by atomic mass is 16.4. The number of carboxylic acid groups (broad SMARTS) is 1. The smallest absolute Gasteiger partial charge is 0.354 e. The van der Waals surface area contributed by atoms with E-state index in [9.17, 15) is 9.59 Å². The van der Waals surface area contributed by atoms with Crippen molar-refractivity contribution in [3.05, 3.63) is 17.7 Å². The number of rotatable bonds is 6. The van der Waals surface area contributed by atoms with Crippen LogP contribution in [-0.4, -0.2) is 58.0 Å². The van der Waals surface area contributed by atoms with E-state index >= 15 is 0 Å². The summed E-state index contributed by atoms with van der Waals surface area (Å²) in [5.41, 5.74) is -0.228. The maximum atomic E-state index is 11.8. The van der Waals surface area contributed by atoms with E-state index in [4.69, 9.17) is 5.11 Å². The van der Waals surface area contributed by atoms with Gasteiger partial charge in [-0.3, -0.25) is 4.79 Å². The fourth-order valence-corrected chi connectivity index (χ4v) is 2.40. The summed E-state index contributed by atoms with van der Waals surface area (Å²) in [6.07, 6.45) is 5.89. The first-order valence-corrected chi connectivity index (χ1v) is 6.95. The van der Waals surface area contributed by atoms with Crippen LogP contribution in [0.3, 0.4) is 0 Å². The fourth-order valence-electron chi connectivity index (χ4n) is 2.40. The Labute approximate surface area is 117 Å². The van der Waals surface area contributed by atoms with Crippen LogP contribution in [-0.2, 0) is 0 Å². The monoisotopic (exact) mass is 280 g/mol. The van der Waals surface area contributed by atoms with Crippen molar-refractivity contribution in [3.8, 4) is 0 Å². The van der Waals surface area contributed by atoms with Crippen LogP contribution in [0.2, 0.25) is 0 Å². The molecule has 110 valence electrons. The number of imidazole rings is 1. The molecule has 0 unspecified atom stereocenters. The van der Waals surface area contributed by atoms with Crippen LogP contribution in [0.25, 0.3) is 0 Å². The van der Waals surface area contributed by atoms with E-state index in [1.807, 2.05) is 0 Å². The number of amides is 1. The molecule has 1 amide bonds. The molecule has 0 aliphatic carbocycles. The van der Waals surface area contributed by atoms with Gasteiger partial charge in [-0.25, -0.2) is 9.78 Å². The van der Waals surface area contributed by atoms with Crippen LogP contribution in [0.15, 0.2) is 6.33 Å². The van der Waals surface area contributed by atoms with E-state index in [0.717, 1.165) is 26.1 Å². The fraction of sp³-hybridized carbons (Fsp3) is 0.615. The van der Waals surface area contributed by atoms with E-state index < -0.39 is 11.9 Å². The van der Waals surface area contributed by atoms with Gasteiger partial charge in [-0.05, 0) is 38.9 Å². The van der Waals surface area contributed by atoms with Gasteiger partial charge in [-0.1, -0.05) is 6.42 Å². The minimum atomic E-state index is -1.18. The van der Waals surface area contributed by atoms with Crippen molar-refractivity contribution in [2.24, 2.45) is 0 Å². The highest BCUT2D eigenvalue weighted by molar-refractivity contribution is 6.02. The summed E-state index contributed by atoms with van der Waals surface area (Å²) < 4.78 is 0. The Morgan fingerprint density at radius 1 is 1.35 bits per heavy atom. The van der Waals surface area contributed by atoms with Crippen molar-refractivity contribution in [1.82, 2.24) is 20.2 Å². The maximum Gasteiger partial charge on any atom is 0.354 e. The van der Waals surface area contributed by atoms with Crippen molar-refractivity contribution in [3.63, 3.8) is 0 Å². The SMILES string of the molecule is O=C(NCCCN1CCCCC1)c1nc[nH]c1C(=O)O. The van der Waals surface area contributed by atoms with Gasteiger partial charge in [-0.2, -0.15) is 0 Å². The molecule has 0 spiro atoms. The van der Waals surface area contributed by atoms with Crippen LogP contribution in [0.5, 0.6) is 0 Å². The number of carbonyl (C=O) groups is 2. The average molecular weight is 280 g/mol. The Bertz CT molecular complexity index is 466. The average Bonchev–Trinajstić information content (AvgIpc) is 2.94. The van der Waals surface area contributed by atoms with Gasteiger partial charge in [0.05, 0.1) is 6.33 Å². The van der Waals surface area contributed by atoms with Crippen molar-refractivity contribution in [1.29, 1.82) is 0 Å². The number of hydrogen-bond acceptors (Lipinski definition) is 4. The van der Waals surface area contributed by atoms with Gasteiger partial charge in [0.1, 0.15) is 0 Å². The van der Waals surface area contributed by atoms with Crippen LogP contribution in [0.4, 0.5) is 0 Å². The van der Waals surface area contributed by atoms with Gasteiger partial charge < -0.3 is 20.3 Å². The Morgan fingerprint density at radius 2 is 2.10 bits per heavy atom. The summed E-state index contributed by atoms with van der Waals surface area (Å²) in [6, 6.07) is 0. The molecular formula is C13H20N4O3. The molecule has 1 saturated heterocycles. The summed E-state index contributed by atoms with van der Waals surface area (Å²) in [5, 5.41) is 11.6. The number of aromatic amines is 1. The minimum absolute atomic E-state index is 0.0597. The molecule has 7 heteroatoms. The van der Waals surface area contributed by atoms with Crippen LogP contribution >= 0.6 is 0 Å². The Hall–Kier alpha value is -1.89. The van der Waals surface area contributed by atoms with E-state index in [-0.39, 0.29) is 11.4 Å². The van der Waals surface area contributed by atoms with E-state index in [1.54, 1.807) is 0 Å². The number of hydrogen-bond donors (Lipinski definition) is 3. The predicted octanol–water partition coefficient (Wildman–Crippen LogP) is 0.714. The van der Waals surface area contributed by atoms with Gasteiger partial charge in [0.2, 0.25) is 0 Å². The number of piperidine rings is 1. The highest BCUT2D eigenvalue weighted by Gasteiger charge is 2.19. The number of aromatic nitrogens is 2. The van der Waals surface area contributed by atoms with E-state index in [2.05, 4.69) is 20.2 Å². The van der Waals surface area contributed by atoms with E-state index in [0.29, 0.717) is 6.54 Å². The summed E-state index contributed by atoms with van der Waals surface area (Å²) in [4.78, 5) is 31.3. The number of likely N-dealkylation sites (tertiary alicyclic amines) is 1. The van der Waals surface area contributed by atoms with Gasteiger partial charge in [0.15, 0.2) is 11.4 Å². The quantitative estimate of drug-likeness (QED) is 0.667. The summed E-state index contributed by atoms with van der Waals surface area (Å²) >= 11 is 0. The lowest BCUT2D eigenvalue weighted by Gasteiger charge is -2.26. The number of carbonyl (C=O) groups excluding carboxylic acids is 1. The zero-order chi connectivity index (χ0) is 14.4. The molecule has 7 nitrogen and oxygen atoms in total. The zero-order valence-electron chi connectivity index (χ0n) is 11.4. The van der Waals surface area contributed by atoms with Crippen molar-refractivity contribution < 1.29 is 14.7 Å². The second kappa shape index (κ2) is 7.04. The molecule has 1 aliphatic rings. The molecule has 0 saturated carbocycles. The summed E-state index contributed by atoms with van der Waals surface area (Å²) in [7, 11) is 0. The number of carboxylic acids is 1. The second-order valence-corrected chi connectivity index (χ2v) is 4.94. The zero-order valence-corrected chi connectivity index (χ0v) is 11.4. The molecule has 0 radical (unpaired) electrons. The number of aromatic carboxylic acids is 1. The molecule has 20 heavy (non-hydrogen) atoms. The Kier molecular flexibility index (Phi) is 5.11. The Balaban J connectivity index is 1.72. The molecule has 0 atom stereocenters. The third-order valence-corrected chi connectivity index (χ3v) is 3.45. The maximum absolute atomic E-state index is 11.8. The summed E-state index contributed by atoms with van der Waals surface area (Å²) in [6.45, 7) is 3.76. The first kappa shape index (κ1) is 14.5. The van der Waals surface area contributed by atoms with Crippen LogP contribution in [0, 0.1) is 0 Å². The van der Waals surface area contributed by atoms with Gasteiger partial charge in [0, 0.05) is 6.54 Å². The first-order valence-electron chi connectivity index (χ1n) is 6.95. The van der Waals surface area contributed by atoms with Crippen molar-refractivity contribution >= 4 is 11.9 Å². The molecule has 1 aromatic rings. The first-order chi connectivity index (χ1) is 9.68. The largest absolute Gasteiger partial charge is 0.477 e. The molecule has 1 fully saturated rings. The van der Waals surface area contributed by atoms with Gasteiger partial charge in [0.25, 0.3) is 5.91 Å². The number of nitrogens with zero attached hydrogens (tertiary/aromatic N) is 2. The van der Waals surface area contributed by atoms with Gasteiger partial charge in [-0.15, -0.1) is 0 Å². The molecule has 1 aliphatic heterocycles. The topological polar surface area (TPSA) is 98.3 Å². The molecule has 2 heterocycles. The molecular weight excluding hydrogens is 260 g/mol. The third kappa shape index (κ3) is 3.80. The second-order valence-electron chi connectivity index (χ2n) is 4.94. The van der Waals surface area contributed by atoms with Crippen molar-refractivity contribution in [2.75, 3.05) is 26.2 Å². The normalized spacial score (nSPS) is 16.0. The highest BCUT2D eigenvalue weighted by Crippen LogP contribution is 2.08. The Morgan fingerprint density at radius 3 is 2.80 bits per heavy atom. The van der Waals surface area contributed by atoms with Crippen LogP contribution in [0.1, 0.15) is 46.7 Å².